The van der Waals surface area contributed by atoms with Crippen LogP contribution in [0.2, 0.25) is 0 Å². The van der Waals surface area contributed by atoms with Gasteiger partial charge < -0.3 is 14.8 Å². The molecule has 0 aromatic carbocycles. The first-order valence-electron chi connectivity index (χ1n) is 5.76. The number of aliphatic hydroxyl groups excluding tert-OH is 1. The standard InChI is InChI=1S/C12H17N3O2/c1-2-11-3-4-12(17-11)8-13-10-7-14-15(9-10)5-6-16/h3-4,7,9,13,16H,2,5-6,8H2,1H3. The zero-order chi connectivity index (χ0) is 12.1. The van der Waals surface area contributed by atoms with Gasteiger partial charge in [-0.25, -0.2) is 0 Å². The quantitative estimate of drug-likeness (QED) is 0.799. The lowest BCUT2D eigenvalue weighted by atomic mass is 10.3. The third-order valence-corrected chi connectivity index (χ3v) is 2.49. The number of anilines is 1. The molecule has 0 fully saturated rings. The minimum atomic E-state index is 0.0964. The van der Waals surface area contributed by atoms with Crippen molar-refractivity contribution >= 4 is 5.69 Å². The molecule has 2 aromatic rings. The molecule has 2 aromatic heterocycles. The highest BCUT2D eigenvalue weighted by Crippen LogP contribution is 2.11. The molecule has 5 nitrogen and oxygen atoms in total. The molecular weight excluding hydrogens is 218 g/mol. The summed E-state index contributed by atoms with van der Waals surface area (Å²) in [6.45, 7) is 3.32. The minimum Gasteiger partial charge on any atom is -0.464 e. The lowest BCUT2D eigenvalue weighted by Crippen LogP contribution is -2.02. The predicted molar refractivity (Wildman–Crippen MR) is 64.7 cm³/mol. The first-order valence-corrected chi connectivity index (χ1v) is 5.76. The molecule has 17 heavy (non-hydrogen) atoms. The summed E-state index contributed by atoms with van der Waals surface area (Å²) in [7, 11) is 0. The first-order chi connectivity index (χ1) is 8.31. The number of rotatable bonds is 6. The molecular formula is C12H17N3O2. The summed E-state index contributed by atoms with van der Waals surface area (Å²) >= 11 is 0. The molecule has 2 rings (SSSR count). The number of hydrogen-bond acceptors (Lipinski definition) is 4. The van der Waals surface area contributed by atoms with Crippen LogP contribution in [0, 0.1) is 0 Å². The second-order valence-electron chi connectivity index (χ2n) is 3.79. The maximum absolute atomic E-state index is 8.77. The molecule has 0 radical (unpaired) electrons. The molecule has 2 N–H and O–H groups in total. The minimum absolute atomic E-state index is 0.0964. The van der Waals surface area contributed by atoms with Gasteiger partial charge in [0.2, 0.25) is 0 Å². The lowest BCUT2D eigenvalue weighted by Gasteiger charge is -2.00. The van der Waals surface area contributed by atoms with Crippen LogP contribution in [-0.2, 0) is 19.5 Å². The predicted octanol–water partition coefficient (Wildman–Crippen LogP) is 1.64. The smallest absolute Gasteiger partial charge is 0.123 e. The second-order valence-corrected chi connectivity index (χ2v) is 3.79. The average molecular weight is 235 g/mol. The molecule has 2 heterocycles. The molecule has 92 valence electrons. The third kappa shape index (κ3) is 3.10. The number of hydrogen-bond donors (Lipinski definition) is 2. The summed E-state index contributed by atoms with van der Waals surface area (Å²) in [6, 6.07) is 3.97. The van der Waals surface area contributed by atoms with Gasteiger partial charge in [0.15, 0.2) is 0 Å². The van der Waals surface area contributed by atoms with Gasteiger partial charge in [-0.1, -0.05) is 6.92 Å². The van der Waals surface area contributed by atoms with E-state index in [-0.39, 0.29) is 6.61 Å². The van der Waals surface area contributed by atoms with Gasteiger partial charge >= 0.3 is 0 Å². The van der Waals surface area contributed by atoms with Crippen LogP contribution in [0.4, 0.5) is 5.69 Å². The molecule has 0 saturated heterocycles. The fraction of sp³-hybridized carbons (Fsp3) is 0.417. The van der Waals surface area contributed by atoms with E-state index >= 15 is 0 Å². The monoisotopic (exact) mass is 235 g/mol. The largest absolute Gasteiger partial charge is 0.464 e. The Bertz CT molecular complexity index is 462. The van der Waals surface area contributed by atoms with E-state index in [1.807, 2.05) is 18.3 Å². The van der Waals surface area contributed by atoms with Crippen molar-refractivity contribution in [1.29, 1.82) is 0 Å². The Kier molecular flexibility index (Phi) is 3.82. The fourth-order valence-electron chi connectivity index (χ4n) is 1.58. The highest BCUT2D eigenvalue weighted by atomic mass is 16.3. The zero-order valence-corrected chi connectivity index (χ0v) is 9.89. The van der Waals surface area contributed by atoms with Gasteiger partial charge in [-0.3, -0.25) is 4.68 Å². The van der Waals surface area contributed by atoms with Crippen molar-refractivity contribution in [2.75, 3.05) is 11.9 Å². The third-order valence-electron chi connectivity index (χ3n) is 2.49. The van der Waals surface area contributed by atoms with Gasteiger partial charge in [0.25, 0.3) is 0 Å². The molecule has 0 spiro atoms. The Labute approximate surface area is 100 Å². The fourth-order valence-corrected chi connectivity index (χ4v) is 1.58. The van der Waals surface area contributed by atoms with Gasteiger partial charge in [-0.2, -0.15) is 5.10 Å². The van der Waals surface area contributed by atoms with Gasteiger partial charge in [-0.15, -0.1) is 0 Å². The summed E-state index contributed by atoms with van der Waals surface area (Å²) < 4.78 is 7.28. The second kappa shape index (κ2) is 5.54. The maximum Gasteiger partial charge on any atom is 0.123 e. The lowest BCUT2D eigenvalue weighted by molar-refractivity contribution is 0.269. The number of nitrogens with zero attached hydrogens (tertiary/aromatic N) is 2. The van der Waals surface area contributed by atoms with Gasteiger partial charge in [0.05, 0.1) is 31.6 Å². The van der Waals surface area contributed by atoms with E-state index in [1.54, 1.807) is 10.9 Å². The summed E-state index contributed by atoms with van der Waals surface area (Å²) in [5.74, 6) is 1.91. The van der Waals surface area contributed by atoms with E-state index in [9.17, 15) is 0 Å². The molecule has 5 heteroatoms. The normalized spacial score (nSPS) is 10.7. The van der Waals surface area contributed by atoms with Gasteiger partial charge in [0, 0.05) is 12.6 Å². The van der Waals surface area contributed by atoms with E-state index in [0.29, 0.717) is 13.1 Å². The summed E-state index contributed by atoms with van der Waals surface area (Å²) in [5, 5.41) is 16.1. The van der Waals surface area contributed by atoms with Gasteiger partial charge in [0.1, 0.15) is 11.5 Å². The molecule has 0 aliphatic rings. The van der Waals surface area contributed by atoms with Crippen LogP contribution < -0.4 is 5.32 Å². The van der Waals surface area contributed by atoms with Crippen LogP contribution >= 0.6 is 0 Å². The van der Waals surface area contributed by atoms with Crippen LogP contribution in [0.3, 0.4) is 0 Å². The Morgan fingerprint density at radius 2 is 2.24 bits per heavy atom. The van der Waals surface area contributed by atoms with Crippen molar-refractivity contribution in [1.82, 2.24) is 9.78 Å². The number of aromatic nitrogens is 2. The van der Waals surface area contributed by atoms with Crippen LogP contribution in [-0.4, -0.2) is 21.5 Å². The SMILES string of the molecule is CCc1ccc(CNc2cnn(CCO)c2)o1. The van der Waals surface area contributed by atoms with E-state index in [1.165, 1.54) is 0 Å². The van der Waals surface area contributed by atoms with Crippen LogP contribution in [0.1, 0.15) is 18.4 Å². The topological polar surface area (TPSA) is 63.2 Å². The van der Waals surface area contributed by atoms with Crippen LogP contribution in [0.5, 0.6) is 0 Å². The maximum atomic E-state index is 8.77. The molecule has 0 aliphatic carbocycles. The Morgan fingerprint density at radius 3 is 2.94 bits per heavy atom. The van der Waals surface area contributed by atoms with E-state index in [2.05, 4.69) is 17.3 Å². The number of aryl methyl sites for hydroxylation is 1. The number of aliphatic hydroxyl groups is 1. The average Bonchev–Trinajstić information content (AvgIpc) is 2.95. The zero-order valence-electron chi connectivity index (χ0n) is 9.89. The molecule has 0 amide bonds. The Balaban J connectivity index is 1.88. The summed E-state index contributed by atoms with van der Waals surface area (Å²) in [5.41, 5.74) is 0.924. The first kappa shape index (κ1) is 11.7. The van der Waals surface area contributed by atoms with Crippen molar-refractivity contribution in [2.24, 2.45) is 0 Å². The highest BCUT2D eigenvalue weighted by molar-refractivity contribution is 5.38. The van der Waals surface area contributed by atoms with Crippen molar-refractivity contribution in [3.8, 4) is 0 Å². The number of furan rings is 1. The van der Waals surface area contributed by atoms with Crippen LogP contribution in [0.15, 0.2) is 28.9 Å². The van der Waals surface area contributed by atoms with Crippen molar-refractivity contribution < 1.29 is 9.52 Å². The van der Waals surface area contributed by atoms with Gasteiger partial charge in [-0.05, 0) is 12.1 Å². The summed E-state index contributed by atoms with van der Waals surface area (Å²) in [4.78, 5) is 0. The Hall–Kier alpha value is -1.75. The molecule has 0 bridgehead atoms. The van der Waals surface area contributed by atoms with E-state index < -0.39 is 0 Å². The van der Waals surface area contributed by atoms with Crippen molar-refractivity contribution in [2.45, 2.75) is 26.4 Å². The van der Waals surface area contributed by atoms with E-state index in [4.69, 9.17) is 9.52 Å². The van der Waals surface area contributed by atoms with Crippen LogP contribution in [0.25, 0.3) is 0 Å². The molecule has 0 saturated carbocycles. The molecule has 0 atom stereocenters. The molecule has 0 aliphatic heterocycles. The van der Waals surface area contributed by atoms with Crippen molar-refractivity contribution in [3.63, 3.8) is 0 Å². The van der Waals surface area contributed by atoms with E-state index in [0.717, 1.165) is 23.6 Å². The Morgan fingerprint density at radius 1 is 1.41 bits per heavy atom. The summed E-state index contributed by atoms with van der Waals surface area (Å²) in [6.07, 6.45) is 4.51. The molecule has 0 unspecified atom stereocenters. The van der Waals surface area contributed by atoms with Crippen molar-refractivity contribution in [3.05, 3.63) is 36.0 Å². The number of nitrogens with one attached hydrogen (secondary N) is 1. The highest BCUT2D eigenvalue weighted by Gasteiger charge is 2.01.